The van der Waals surface area contributed by atoms with E-state index in [2.05, 4.69) is 22.5 Å². The number of fused-ring (bicyclic) bond motifs is 6. The van der Waals surface area contributed by atoms with Crippen LogP contribution in [-0.4, -0.2) is 41.8 Å². The van der Waals surface area contributed by atoms with Gasteiger partial charge in [-0.15, -0.1) is 17.9 Å². The molecule has 17 heteroatoms. The van der Waals surface area contributed by atoms with Crippen molar-refractivity contribution in [1.82, 2.24) is 0 Å². The van der Waals surface area contributed by atoms with E-state index in [1.54, 1.807) is 53.8 Å². The zero-order valence-electron chi connectivity index (χ0n) is 29.6. The molecule has 1 aromatic heterocycles. The first-order valence-corrected chi connectivity index (χ1v) is 24.9. The van der Waals surface area contributed by atoms with Crippen LogP contribution in [0.3, 0.4) is 0 Å². The second kappa shape index (κ2) is 16.1. The molecule has 2 aliphatic rings. The zero-order chi connectivity index (χ0) is 39.9. The number of nitrogens with two attached hydrogens (primary N) is 2. The van der Waals surface area contributed by atoms with Gasteiger partial charge in [0.15, 0.2) is 20.8 Å². The summed E-state index contributed by atoms with van der Waals surface area (Å²) in [5.74, 6) is 1.09. The highest BCUT2D eigenvalue weighted by atomic mass is 79.9. The smallest absolute Gasteiger partial charge is 0.213 e. The maximum atomic E-state index is 12.7. The summed E-state index contributed by atoms with van der Waals surface area (Å²) in [5, 5.41) is 10.4. The van der Waals surface area contributed by atoms with Gasteiger partial charge in [-0.3, -0.25) is 0 Å². The number of hydrogen-bond donors (Lipinski definition) is 2. The van der Waals surface area contributed by atoms with Gasteiger partial charge in [0.1, 0.15) is 23.4 Å². The van der Waals surface area contributed by atoms with Crippen molar-refractivity contribution < 1.29 is 39.3 Å². The van der Waals surface area contributed by atoms with Gasteiger partial charge in [0.2, 0.25) is 20.0 Å². The molecule has 11 nitrogen and oxygen atoms in total. The Hall–Kier alpha value is -3.52. The number of ether oxygens (including phenoxy) is 2. The van der Waals surface area contributed by atoms with Crippen LogP contribution in [0.15, 0.2) is 111 Å². The molecule has 0 amide bonds. The first-order chi connectivity index (χ1) is 25.9. The van der Waals surface area contributed by atoms with Crippen LogP contribution in [0.5, 0.6) is 11.5 Å². The Morgan fingerprint density at radius 1 is 0.818 bits per heavy atom. The molecular weight excluding hydrogens is 869 g/mol. The summed E-state index contributed by atoms with van der Waals surface area (Å²) in [6.45, 7) is 5.61. The maximum absolute atomic E-state index is 12.7. The minimum absolute atomic E-state index is 0.174. The van der Waals surface area contributed by atoms with Crippen molar-refractivity contribution in [2.75, 3.05) is 12.0 Å². The van der Waals surface area contributed by atoms with Crippen molar-refractivity contribution >= 4 is 68.3 Å². The van der Waals surface area contributed by atoms with Crippen LogP contribution >= 0.6 is 27.3 Å². The quantitative estimate of drug-likeness (QED) is 0.108. The van der Waals surface area contributed by atoms with Crippen LogP contribution in [0.1, 0.15) is 52.7 Å². The van der Waals surface area contributed by atoms with Crippen molar-refractivity contribution in [3.05, 3.63) is 129 Å². The Balaban J connectivity index is 0.000000188. The molecule has 0 bridgehead atoms. The lowest BCUT2D eigenvalue weighted by Crippen LogP contribution is -2.18. The van der Waals surface area contributed by atoms with E-state index in [0.717, 1.165) is 42.1 Å². The second-order valence-corrected chi connectivity index (χ2v) is 22.3. The highest BCUT2D eigenvalue weighted by Crippen LogP contribution is 2.50. The number of rotatable bonds is 10. The molecule has 3 unspecified atom stereocenters. The van der Waals surface area contributed by atoms with Gasteiger partial charge in [-0.25, -0.2) is 35.5 Å². The molecule has 55 heavy (non-hydrogen) atoms. The highest BCUT2D eigenvalue weighted by molar-refractivity contribution is 9.11. The van der Waals surface area contributed by atoms with Gasteiger partial charge in [0.05, 0.1) is 30.6 Å². The fourth-order valence-corrected chi connectivity index (χ4v) is 11.3. The monoisotopic (exact) mass is 904 g/mol. The van der Waals surface area contributed by atoms with E-state index in [0.29, 0.717) is 45.9 Å². The number of primary sulfonamides is 2. The SMILES string of the molecule is C=CCC1Oc2cccc(S(C)(=O)=O)c2-c2ccc(CS(N)(=O)=O)cc21.CC[S+]([O-])c1cccc2c1-c1ccc(CS(N)(=O)=O)cc1C(c1ccc(Br)s1)O2. The summed E-state index contributed by atoms with van der Waals surface area (Å²) in [6, 6.07) is 24.9. The minimum atomic E-state index is -3.68. The van der Waals surface area contributed by atoms with Crippen molar-refractivity contribution in [1.29, 1.82) is 0 Å². The number of sulfone groups is 1. The molecule has 0 fully saturated rings. The Kier molecular flexibility index (Phi) is 12.1. The van der Waals surface area contributed by atoms with E-state index in [1.807, 2.05) is 49.4 Å². The average Bonchev–Trinajstić information content (AvgIpc) is 3.54. The van der Waals surface area contributed by atoms with Gasteiger partial charge in [0, 0.05) is 29.4 Å². The largest absolute Gasteiger partial charge is 0.611 e. The Labute approximate surface area is 336 Å². The Bertz CT molecular complexity index is 2630. The van der Waals surface area contributed by atoms with Crippen LogP contribution < -0.4 is 19.8 Å². The van der Waals surface area contributed by atoms with Crippen molar-refractivity contribution in [3.63, 3.8) is 0 Å². The summed E-state index contributed by atoms with van der Waals surface area (Å²) < 4.78 is 96.4. The second-order valence-electron chi connectivity index (χ2n) is 12.9. The predicted molar refractivity (Wildman–Crippen MR) is 220 cm³/mol. The van der Waals surface area contributed by atoms with E-state index >= 15 is 0 Å². The fourth-order valence-electron chi connectivity index (χ4n) is 6.62. The highest BCUT2D eigenvalue weighted by Gasteiger charge is 2.34. The van der Waals surface area contributed by atoms with Crippen LogP contribution in [0, 0.1) is 0 Å². The Morgan fingerprint density at radius 2 is 1.40 bits per heavy atom. The van der Waals surface area contributed by atoms with E-state index in [1.165, 1.54) is 6.07 Å². The molecule has 290 valence electrons. The third-order valence-corrected chi connectivity index (χ3v) is 14.4. The zero-order valence-corrected chi connectivity index (χ0v) is 35.3. The number of halogens is 1. The number of sulfonamides is 2. The lowest BCUT2D eigenvalue weighted by molar-refractivity contribution is 0.205. The van der Waals surface area contributed by atoms with Gasteiger partial charge < -0.3 is 14.0 Å². The number of benzene rings is 4. The van der Waals surface area contributed by atoms with Gasteiger partial charge in [-0.1, -0.05) is 54.6 Å². The molecule has 0 radical (unpaired) electrons. The Morgan fingerprint density at radius 3 is 1.95 bits per heavy atom. The molecule has 7 rings (SSSR count). The molecule has 0 saturated heterocycles. The minimum Gasteiger partial charge on any atom is -0.611 e. The molecule has 0 aliphatic carbocycles. The lowest BCUT2D eigenvalue weighted by Gasteiger charge is -2.30. The summed E-state index contributed by atoms with van der Waals surface area (Å²) in [4.78, 5) is 1.88. The van der Waals surface area contributed by atoms with Crippen molar-refractivity contribution in [2.24, 2.45) is 10.3 Å². The average molecular weight is 906 g/mol. The predicted octanol–water partition coefficient (Wildman–Crippen LogP) is 7.13. The standard InChI is InChI=1S/C20H18BrNO4S3.C18H19NO5S2/c1-2-28(23)17-5-3-4-15-19(17)13-7-6-12(11-29(22,24)25)10-14(13)20(26-15)16-8-9-18(21)27-16;1-3-5-15-14-10-12(11-26(19,22)23)8-9-13(14)18-16(24-15)6-4-7-17(18)25(2,20)21/h3-10,20H,2,11H2,1H3,(H2,22,24,25);3-4,6-10,15H,1,5,11H2,2H3,(H2,19,22,23). The van der Waals surface area contributed by atoms with Crippen LogP contribution in [0.25, 0.3) is 22.3 Å². The van der Waals surface area contributed by atoms with Crippen LogP contribution in [0.2, 0.25) is 0 Å². The van der Waals surface area contributed by atoms with E-state index in [-0.39, 0.29) is 28.6 Å². The van der Waals surface area contributed by atoms with E-state index < -0.39 is 41.1 Å². The summed E-state index contributed by atoms with van der Waals surface area (Å²) in [6.07, 6.45) is 2.57. The molecule has 0 spiro atoms. The first kappa shape index (κ1) is 41.1. The molecule has 4 aromatic carbocycles. The third-order valence-electron chi connectivity index (χ3n) is 8.77. The number of hydrogen-bond acceptors (Lipinski definition) is 10. The van der Waals surface area contributed by atoms with Gasteiger partial charge in [0.25, 0.3) is 0 Å². The van der Waals surface area contributed by atoms with E-state index in [9.17, 15) is 29.8 Å². The summed E-state index contributed by atoms with van der Waals surface area (Å²) >= 11 is 3.89. The number of thiophene rings is 1. The van der Waals surface area contributed by atoms with Crippen molar-refractivity contribution in [2.45, 2.75) is 46.8 Å². The van der Waals surface area contributed by atoms with Crippen molar-refractivity contribution in [3.8, 4) is 33.8 Å². The third kappa shape index (κ3) is 9.38. The fraction of sp³-hybridized carbons (Fsp3) is 0.211. The molecular formula is C38H37BrN2O9S5. The molecule has 0 saturated carbocycles. The lowest BCUT2D eigenvalue weighted by atomic mass is 9.90. The van der Waals surface area contributed by atoms with E-state index in [4.69, 9.17) is 19.8 Å². The van der Waals surface area contributed by atoms with Gasteiger partial charge >= 0.3 is 0 Å². The summed E-state index contributed by atoms with van der Waals surface area (Å²) in [7, 11) is -10.8. The maximum Gasteiger partial charge on any atom is 0.213 e. The molecule has 2 aliphatic heterocycles. The van der Waals surface area contributed by atoms with Gasteiger partial charge in [-0.05, 0) is 92.7 Å². The molecule has 4 N–H and O–H groups in total. The normalized spacial score (nSPS) is 16.5. The summed E-state index contributed by atoms with van der Waals surface area (Å²) in [5.41, 5.74) is 5.57. The van der Waals surface area contributed by atoms with Crippen LogP contribution in [-0.2, 0) is 52.6 Å². The molecule has 3 atom stereocenters. The van der Waals surface area contributed by atoms with Crippen LogP contribution in [0.4, 0.5) is 0 Å². The molecule has 3 heterocycles. The molecule has 5 aromatic rings. The van der Waals surface area contributed by atoms with Gasteiger partial charge in [-0.2, -0.15) is 0 Å². The first-order valence-electron chi connectivity index (χ1n) is 16.7. The topological polar surface area (TPSA) is 196 Å².